The van der Waals surface area contributed by atoms with E-state index in [1.54, 1.807) is 12.1 Å². The second kappa shape index (κ2) is 9.36. The van der Waals surface area contributed by atoms with Crippen molar-refractivity contribution < 1.29 is 9.90 Å². The second-order valence-corrected chi connectivity index (χ2v) is 8.47. The number of carboxylic acids is 1. The van der Waals surface area contributed by atoms with Gasteiger partial charge in [-0.2, -0.15) is 0 Å². The zero-order chi connectivity index (χ0) is 20.9. The molecule has 1 aliphatic rings. The fourth-order valence-electron chi connectivity index (χ4n) is 4.35. The van der Waals surface area contributed by atoms with E-state index in [1.165, 1.54) is 43.2 Å². The minimum atomic E-state index is -0.900. The van der Waals surface area contributed by atoms with Crippen LogP contribution in [0, 0.1) is 5.92 Å². The first-order valence-electron chi connectivity index (χ1n) is 10.6. The number of rotatable bonds is 6. The summed E-state index contributed by atoms with van der Waals surface area (Å²) in [5.74, 6) is -0.331. The molecule has 0 saturated heterocycles. The van der Waals surface area contributed by atoms with Crippen LogP contribution >= 0.6 is 11.6 Å². The highest BCUT2D eigenvalue weighted by atomic mass is 35.5. The SMILES string of the molecule is O=C(O)c1ccc(NC(c2ccc(-c3ccc(Cl)cc3)cc2)C2CCCCC2)cc1. The molecule has 1 saturated carbocycles. The number of nitrogens with one attached hydrogen (secondary N) is 1. The summed E-state index contributed by atoms with van der Waals surface area (Å²) in [6.45, 7) is 0. The lowest BCUT2D eigenvalue weighted by Crippen LogP contribution is -2.23. The van der Waals surface area contributed by atoms with Gasteiger partial charge in [-0.3, -0.25) is 0 Å². The van der Waals surface area contributed by atoms with Gasteiger partial charge in [0.1, 0.15) is 0 Å². The standard InChI is InChI=1S/C26H26ClNO2/c27-23-14-10-19(11-15-23)18-6-8-21(9-7-18)25(20-4-2-1-3-5-20)28-24-16-12-22(13-17-24)26(29)30/h6-17,20,25,28H,1-5H2,(H,29,30). The Bertz CT molecular complexity index is 975. The largest absolute Gasteiger partial charge is 0.478 e. The Morgan fingerprint density at radius 3 is 1.97 bits per heavy atom. The van der Waals surface area contributed by atoms with E-state index in [1.807, 2.05) is 36.4 Å². The Morgan fingerprint density at radius 1 is 0.833 bits per heavy atom. The molecule has 30 heavy (non-hydrogen) atoms. The maximum absolute atomic E-state index is 11.1. The molecule has 0 spiro atoms. The third-order valence-corrected chi connectivity index (χ3v) is 6.27. The maximum Gasteiger partial charge on any atom is 0.335 e. The van der Waals surface area contributed by atoms with E-state index in [9.17, 15) is 4.79 Å². The van der Waals surface area contributed by atoms with E-state index in [2.05, 4.69) is 29.6 Å². The van der Waals surface area contributed by atoms with Crippen molar-refractivity contribution in [2.75, 3.05) is 5.32 Å². The van der Waals surface area contributed by atoms with Gasteiger partial charge in [-0.1, -0.05) is 67.3 Å². The molecule has 3 aromatic carbocycles. The van der Waals surface area contributed by atoms with Crippen LogP contribution in [0.1, 0.15) is 54.1 Å². The minimum Gasteiger partial charge on any atom is -0.478 e. The minimum absolute atomic E-state index is 0.209. The quantitative estimate of drug-likeness (QED) is 0.436. The fraction of sp³-hybridized carbons (Fsp3) is 0.269. The van der Waals surface area contributed by atoms with Gasteiger partial charge >= 0.3 is 5.97 Å². The first-order valence-corrected chi connectivity index (χ1v) is 10.9. The van der Waals surface area contributed by atoms with Crippen LogP contribution in [0.5, 0.6) is 0 Å². The third-order valence-electron chi connectivity index (χ3n) is 6.02. The van der Waals surface area contributed by atoms with Crippen LogP contribution in [-0.2, 0) is 0 Å². The fourth-order valence-corrected chi connectivity index (χ4v) is 4.48. The molecule has 0 amide bonds. The van der Waals surface area contributed by atoms with Crippen LogP contribution in [0.25, 0.3) is 11.1 Å². The van der Waals surface area contributed by atoms with Crippen molar-refractivity contribution in [2.45, 2.75) is 38.1 Å². The smallest absolute Gasteiger partial charge is 0.335 e. The molecule has 0 aromatic heterocycles. The van der Waals surface area contributed by atoms with Crippen molar-refractivity contribution in [1.29, 1.82) is 0 Å². The molecule has 1 unspecified atom stereocenters. The Balaban J connectivity index is 1.58. The normalized spacial score (nSPS) is 15.5. The Labute approximate surface area is 182 Å². The molecule has 2 N–H and O–H groups in total. The first-order chi connectivity index (χ1) is 14.6. The van der Waals surface area contributed by atoms with Crippen LogP contribution < -0.4 is 5.32 Å². The number of halogens is 1. The summed E-state index contributed by atoms with van der Waals surface area (Å²) in [6.07, 6.45) is 6.27. The van der Waals surface area contributed by atoms with Gasteiger partial charge < -0.3 is 10.4 Å². The van der Waals surface area contributed by atoms with Gasteiger partial charge in [0.2, 0.25) is 0 Å². The Morgan fingerprint density at radius 2 is 1.40 bits per heavy atom. The number of carbonyl (C=O) groups is 1. The Kier molecular flexibility index (Phi) is 6.39. The molecule has 154 valence electrons. The van der Waals surface area contributed by atoms with Gasteiger partial charge in [0, 0.05) is 10.7 Å². The predicted molar refractivity (Wildman–Crippen MR) is 123 cm³/mol. The molecule has 4 rings (SSSR count). The lowest BCUT2D eigenvalue weighted by atomic mass is 9.80. The molecule has 3 nitrogen and oxygen atoms in total. The topological polar surface area (TPSA) is 49.3 Å². The monoisotopic (exact) mass is 419 g/mol. The van der Waals surface area contributed by atoms with Gasteiger partial charge in [-0.15, -0.1) is 0 Å². The molecule has 0 heterocycles. The zero-order valence-electron chi connectivity index (χ0n) is 16.9. The lowest BCUT2D eigenvalue weighted by Gasteiger charge is -2.32. The molecule has 1 fully saturated rings. The molecule has 3 aromatic rings. The van der Waals surface area contributed by atoms with Crippen LogP contribution in [0.4, 0.5) is 5.69 Å². The summed E-state index contributed by atoms with van der Waals surface area (Å²) in [4.78, 5) is 11.1. The van der Waals surface area contributed by atoms with E-state index in [0.29, 0.717) is 11.5 Å². The number of aromatic carboxylic acids is 1. The summed E-state index contributed by atoms with van der Waals surface area (Å²) in [6, 6.07) is 23.9. The zero-order valence-corrected chi connectivity index (χ0v) is 17.6. The van der Waals surface area contributed by atoms with Gasteiger partial charge in [0.25, 0.3) is 0 Å². The van der Waals surface area contributed by atoms with E-state index in [0.717, 1.165) is 16.3 Å². The predicted octanol–water partition coefficient (Wildman–Crippen LogP) is 7.44. The average Bonchev–Trinajstić information content (AvgIpc) is 2.79. The van der Waals surface area contributed by atoms with Crippen molar-refractivity contribution >= 4 is 23.3 Å². The number of anilines is 1. The summed E-state index contributed by atoms with van der Waals surface area (Å²) >= 11 is 6.02. The van der Waals surface area contributed by atoms with Crippen molar-refractivity contribution in [3.05, 3.63) is 88.9 Å². The van der Waals surface area contributed by atoms with Crippen LogP contribution in [0.15, 0.2) is 72.8 Å². The van der Waals surface area contributed by atoms with Crippen LogP contribution in [-0.4, -0.2) is 11.1 Å². The highest BCUT2D eigenvalue weighted by Gasteiger charge is 2.25. The number of hydrogen-bond acceptors (Lipinski definition) is 2. The molecule has 0 radical (unpaired) electrons. The lowest BCUT2D eigenvalue weighted by molar-refractivity contribution is 0.0697. The van der Waals surface area contributed by atoms with Crippen molar-refractivity contribution in [1.82, 2.24) is 0 Å². The van der Waals surface area contributed by atoms with Crippen molar-refractivity contribution in [3.8, 4) is 11.1 Å². The maximum atomic E-state index is 11.1. The van der Waals surface area contributed by atoms with E-state index < -0.39 is 5.97 Å². The summed E-state index contributed by atoms with van der Waals surface area (Å²) < 4.78 is 0. The Hall–Kier alpha value is -2.78. The third kappa shape index (κ3) is 4.85. The molecule has 1 atom stereocenters. The molecular formula is C26H26ClNO2. The van der Waals surface area contributed by atoms with E-state index in [-0.39, 0.29) is 6.04 Å². The number of carboxylic acid groups (broad SMARTS) is 1. The summed E-state index contributed by atoms with van der Waals surface area (Å²) in [7, 11) is 0. The summed E-state index contributed by atoms with van der Waals surface area (Å²) in [5.41, 5.74) is 4.85. The first kappa shape index (κ1) is 20.5. The van der Waals surface area contributed by atoms with Gasteiger partial charge in [-0.25, -0.2) is 4.79 Å². The van der Waals surface area contributed by atoms with Crippen molar-refractivity contribution in [2.24, 2.45) is 5.92 Å². The van der Waals surface area contributed by atoms with E-state index in [4.69, 9.17) is 16.7 Å². The molecule has 0 bridgehead atoms. The van der Waals surface area contributed by atoms with Gasteiger partial charge in [-0.05, 0) is 71.8 Å². The highest BCUT2D eigenvalue weighted by Crippen LogP contribution is 2.37. The molecular weight excluding hydrogens is 394 g/mol. The second-order valence-electron chi connectivity index (χ2n) is 8.03. The summed E-state index contributed by atoms with van der Waals surface area (Å²) in [5, 5.41) is 13.6. The van der Waals surface area contributed by atoms with Gasteiger partial charge in [0.05, 0.1) is 11.6 Å². The van der Waals surface area contributed by atoms with E-state index >= 15 is 0 Å². The molecule has 4 heteroatoms. The number of hydrogen-bond donors (Lipinski definition) is 2. The number of benzene rings is 3. The highest BCUT2D eigenvalue weighted by molar-refractivity contribution is 6.30. The van der Waals surface area contributed by atoms with Crippen LogP contribution in [0.3, 0.4) is 0 Å². The van der Waals surface area contributed by atoms with Gasteiger partial charge in [0.15, 0.2) is 0 Å². The van der Waals surface area contributed by atoms with Crippen LogP contribution in [0.2, 0.25) is 5.02 Å². The molecule has 1 aliphatic carbocycles. The van der Waals surface area contributed by atoms with Crippen molar-refractivity contribution in [3.63, 3.8) is 0 Å². The molecule has 0 aliphatic heterocycles. The average molecular weight is 420 g/mol.